The summed E-state index contributed by atoms with van der Waals surface area (Å²) in [4.78, 5) is 16.1. The average Bonchev–Trinajstić information content (AvgIpc) is 3.08. The van der Waals surface area contributed by atoms with Crippen molar-refractivity contribution in [1.29, 1.82) is 0 Å². The highest BCUT2D eigenvalue weighted by atomic mass is 19.4. The predicted molar refractivity (Wildman–Crippen MR) is 82.9 cm³/mol. The van der Waals surface area contributed by atoms with Gasteiger partial charge in [-0.15, -0.1) is 0 Å². The van der Waals surface area contributed by atoms with Crippen LogP contribution in [0.4, 0.5) is 23.2 Å². The fourth-order valence-corrected chi connectivity index (χ4v) is 2.30. The molecule has 0 atom stereocenters. The van der Waals surface area contributed by atoms with Gasteiger partial charge in [-0.2, -0.15) is 13.2 Å². The molecule has 0 fully saturated rings. The number of aromatic nitrogens is 2. The zero-order valence-corrected chi connectivity index (χ0v) is 12.6. The molecule has 1 amide bonds. The number of nitrogens with zero attached hydrogens (tertiary/aromatic N) is 2. The van der Waals surface area contributed by atoms with E-state index in [2.05, 4.69) is 10.3 Å². The average molecular weight is 349 g/mol. The Labute approximate surface area is 139 Å². The van der Waals surface area contributed by atoms with E-state index < -0.39 is 29.0 Å². The number of carbonyl (C=O) groups is 1. The van der Waals surface area contributed by atoms with Crippen LogP contribution < -0.4 is 5.32 Å². The summed E-state index contributed by atoms with van der Waals surface area (Å²) in [5.74, 6) is -2.04. The molecule has 0 aliphatic carbocycles. The van der Waals surface area contributed by atoms with Crippen LogP contribution in [0, 0.1) is 5.82 Å². The normalized spacial score (nSPS) is 11.4. The lowest BCUT2D eigenvalue weighted by Crippen LogP contribution is -2.19. The topological polar surface area (TPSA) is 46.9 Å². The second-order valence-corrected chi connectivity index (χ2v) is 5.16. The Morgan fingerprint density at radius 2 is 1.92 bits per heavy atom. The SMILES string of the molecule is O=C(Nc1cccc(-n2ccnc2)c1)c1ccc(F)cc1C(F)(F)F. The summed E-state index contributed by atoms with van der Waals surface area (Å²) in [6, 6.07) is 8.43. The Balaban J connectivity index is 1.90. The molecule has 128 valence electrons. The van der Waals surface area contributed by atoms with Crippen molar-refractivity contribution in [3.8, 4) is 5.69 Å². The standard InChI is InChI=1S/C17H11F4N3O/c18-11-4-5-14(15(8-11)17(19,20)21)16(25)23-12-2-1-3-13(9-12)24-7-6-22-10-24/h1-10H,(H,23,25). The van der Waals surface area contributed by atoms with Crippen molar-refractivity contribution >= 4 is 11.6 Å². The summed E-state index contributed by atoms with van der Waals surface area (Å²) < 4.78 is 53.9. The molecular weight excluding hydrogens is 338 g/mol. The van der Waals surface area contributed by atoms with Crippen molar-refractivity contribution in [1.82, 2.24) is 9.55 Å². The third kappa shape index (κ3) is 3.68. The second kappa shape index (κ2) is 6.39. The van der Waals surface area contributed by atoms with Crippen molar-refractivity contribution in [2.24, 2.45) is 0 Å². The van der Waals surface area contributed by atoms with Gasteiger partial charge in [0.2, 0.25) is 0 Å². The van der Waals surface area contributed by atoms with Crippen LogP contribution in [0.2, 0.25) is 0 Å². The van der Waals surface area contributed by atoms with Crippen LogP contribution in [0.3, 0.4) is 0 Å². The van der Waals surface area contributed by atoms with E-state index in [1.165, 1.54) is 6.07 Å². The minimum Gasteiger partial charge on any atom is -0.322 e. The smallest absolute Gasteiger partial charge is 0.322 e. The molecule has 8 heteroatoms. The van der Waals surface area contributed by atoms with E-state index in [9.17, 15) is 22.4 Å². The van der Waals surface area contributed by atoms with Gasteiger partial charge in [-0.05, 0) is 36.4 Å². The molecule has 0 spiro atoms. The first-order chi connectivity index (χ1) is 11.8. The Morgan fingerprint density at radius 3 is 2.60 bits per heavy atom. The van der Waals surface area contributed by atoms with E-state index >= 15 is 0 Å². The first-order valence-electron chi connectivity index (χ1n) is 7.11. The van der Waals surface area contributed by atoms with E-state index in [1.807, 2.05) is 0 Å². The van der Waals surface area contributed by atoms with Crippen LogP contribution in [0.5, 0.6) is 0 Å². The number of nitrogens with one attached hydrogen (secondary N) is 1. The van der Waals surface area contributed by atoms with Crippen LogP contribution in [0.25, 0.3) is 5.69 Å². The molecule has 0 aliphatic rings. The number of benzene rings is 2. The van der Waals surface area contributed by atoms with Crippen LogP contribution in [-0.4, -0.2) is 15.5 Å². The number of hydrogen-bond donors (Lipinski definition) is 1. The van der Waals surface area contributed by atoms with Crippen LogP contribution in [0.1, 0.15) is 15.9 Å². The van der Waals surface area contributed by atoms with Gasteiger partial charge >= 0.3 is 6.18 Å². The molecule has 3 rings (SSSR count). The van der Waals surface area contributed by atoms with Crippen LogP contribution in [0.15, 0.2) is 61.2 Å². The number of rotatable bonds is 3. The number of amides is 1. The maximum atomic E-state index is 13.1. The van der Waals surface area contributed by atoms with Gasteiger partial charge in [0.25, 0.3) is 5.91 Å². The maximum absolute atomic E-state index is 13.1. The summed E-state index contributed by atoms with van der Waals surface area (Å²) in [6.07, 6.45) is -0.0435. The molecule has 1 heterocycles. The zero-order chi connectivity index (χ0) is 18.0. The van der Waals surface area contributed by atoms with Crippen molar-refractivity contribution < 1.29 is 22.4 Å². The molecule has 0 aliphatic heterocycles. The van der Waals surface area contributed by atoms with Gasteiger partial charge in [0.1, 0.15) is 5.82 Å². The highest BCUT2D eigenvalue weighted by Gasteiger charge is 2.35. The predicted octanol–water partition coefficient (Wildman–Crippen LogP) is 4.28. The quantitative estimate of drug-likeness (QED) is 0.718. The number of hydrogen-bond acceptors (Lipinski definition) is 2. The van der Waals surface area contributed by atoms with E-state index in [0.29, 0.717) is 17.4 Å². The van der Waals surface area contributed by atoms with Gasteiger partial charge in [-0.1, -0.05) is 6.07 Å². The highest BCUT2D eigenvalue weighted by molar-refractivity contribution is 6.05. The van der Waals surface area contributed by atoms with Crippen LogP contribution >= 0.6 is 0 Å². The Hall–Kier alpha value is -3.16. The van der Waals surface area contributed by atoms with Crippen molar-refractivity contribution in [2.45, 2.75) is 6.18 Å². The summed E-state index contributed by atoms with van der Waals surface area (Å²) in [7, 11) is 0. The molecule has 0 radical (unpaired) electrons. The monoisotopic (exact) mass is 349 g/mol. The summed E-state index contributed by atoms with van der Waals surface area (Å²) in [5.41, 5.74) is -1.00. The number of imidazole rings is 1. The second-order valence-electron chi connectivity index (χ2n) is 5.16. The van der Waals surface area contributed by atoms with Gasteiger partial charge in [0.15, 0.2) is 0 Å². The third-order valence-electron chi connectivity index (χ3n) is 3.44. The number of alkyl halides is 3. The van der Waals surface area contributed by atoms with Crippen molar-refractivity contribution in [3.63, 3.8) is 0 Å². The first-order valence-corrected chi connectivity index (χ1v) is 7.11. The first kappa shape index (κ1) is 16.7. The van der Waals surface area contributed by atoms with E-state index in [1.54, 1.807) is 41.5 Å². The fourth-order valence-electron chi connectivity index (χ4n) is 2.30. The summed E-state index contributed by atoms with van der Waals surface area (Å²) >= 11 is 0. The maximum Gasteiger partial charge on any atom is 0.417 e. The fraction of sp³-hybridized carbons (Fsp3) is 0.0588. The molecule has 0 saturated heterocycles. The van der Waals surface area contributed by atoms with E-state index in [4.69, 9.17) is 0 Å². The molecule has 1 N–H and O–H groups in total. The van der Waals surface area contributed by atoms with Gasteiger partial charge in [-0.3, -0.25) is 4.79 Å². The van der Waals surface area contributed by atoms with E-state index in [-0.39, 0.29) is 0 Å². The molecular formula is C17H11F4N3O. The lowest BCUT2D eigenvalue weighted by molar-refractivity contribution is -0.138. The Bertz CT molecular complexity index is 905. The summed E-state index contributed by atoms with van der Waals surface area (Å²) in [6.45, 7) is 0. The van der Waals surface area contributed by atoms with Gasteiger partial charge in [0.05, 0.1) is 17.5 Å². The Kier molecular flexibility index (Phi) is 4.26. The largest absolute Gasteiger partial charge is 0.417 e. The zero-order valence-electron chi connectivity index (χ0n) is 12.6. The molecule has 0 saturated carbocycles. The number of halogens is 4. The van der Waals surface area contributed by atoms with Crippen molar-refractivity contribution in [3.05, 3.63) is 78.1 Å². The highest BCUT2D eigenvalue weighted by Crippen LogP contribution is 2.33. The van der Waals surface area contributed by atoms with Gasteiger partial charge in [-0.25, -0.2) is 9.37 Å². The minimum atomic E-state index is -4.84. The van der Waals surface area contributed by atoms with E-state index in [0.717, 1.165) is 12.1 Å². The molecule has 0 unspecified atom stereocenters. The lowest BCUT2D eigenvalue weighted by Gasteiger charge is -2.13. The molecule has 1 aromatic heterocycles. The molecule has 25 heavy (non-hydrogen) atoms. The number of carbonyl (C=O) groups excluding carboxylic acids is 1. The minimum absolute atomic E-state index is 0.300. The van der Waals surface area contributed by atoms with Crippen molar-refractivity contribution in [2.75, 3.05) is 5.32 Å². The molecule has 4 nitrogen and oxygen atoms in total. The molecule has 0 bridgehead atoms. The summed E-state index contributed by atoms with van der Waals surface area (Å²) in [5, 5.41) is 2.40. The Morgan fingerprint density at radius 1 is 1.12 bits per heavy atom. The molecule has 3 aromatic rings. The van der Waals surface area contributed by atoms with Gasteiger partial charge in [0, 0.05) is 23.8 Å². The molecule has 2 aromatic carbocycles. The van der Waals surface area contributed by atoms with Crippen LogP contribution in [-0.2, 0) is 6.18 Å². The third-order valence-corrected chi connectivity index (χ3v) is 3.44. The van der Waals surface area contributed by atoms with Gasteiger partial charge < -0.3 is 9.88 Å². The number of anilines is 1. The lowest BCUT2D eigenvalue weighted by atomic mass is 10.1.